The number of alkyl halides is 24. The molecule has 1 aliphatic rings. The van der Waals surface area contributed by atoms with Crippen LogP contribution in [0.25, 0.3) is 11.1 Å². The normalized spacial score (nSPS) is 14.3. The smallest absolute Gasteiger partial charge is 0.779 e. The Balaban J connectivity index is 0.000000260. The number of hydrogen-bond donors (Lipinski definition) is 0. The molecule has 1 saturated carbocycles. The predicted octanol–water partition coefficient (Wildman–Crippen LogP) is 21.4. The van der Waals surface area contributed by atoms with Gasteiger partial charge in [-0.2, -0.15) is 132 Å². The number of aryl methyl sites for hydroxylation is 3. The first-order valence-corrected chi connectivity index (χ1v) is 31.8. The predicted molar refractivity (Wildman–Crippen MR) is 345 cm³/mol. The molecule has 1 fully saturated rings. The van der Waals surface area contributed by atoms with E-state index in [2.05, 4.69) is 84.7 Å². The summed E-state index contributed by atoms with van der Waals surface area (Å²) in [6, 6.07) is 20.8. The molecule has 0 atom stereocenters. The van der Waals surface area contributed by atoms with Gasteiger partial charge in [0.2, 0.25) is 0 Å². The van der Waals surface area contributed by atoms with Crippen LogP contribution in [0.2, 0.25) is 0 Å². The van der Waals surface area contributed by atoms with Crippen molar-refractivity contribution in [1.82, 2.24) is 0 Å². The van der Waals surface area contributed by atoms with E-state index < -0.39 is 203 Å². The zero-order valence-corrected chi connectivity index (χ0v) is 57.8. The van der Waals surface area contributed by atoms with Gasteiger partial charge in [-0.15, -0.1) is 0 Å². The molecule has 0 aliphatic heterocycles. The van der Waals surface area contributed by atoms with Crippen molar-refractivity contribution >= 4 is 64.5 Å². The van der Waals surface area contributed by atoms with Crippen LogP contribution >= 0.6 is 7.92 Å². The maximum absolute atomic E-state index is 14.2. The first-order chi connectivity index (χ1) is 47.7. The summed E-state index contributed by atoms with van der Waals surface area (Å²) >= 11 is 5.96. The van der Waals surface area contributed by atoms with E-state index in [0.29, 0.717) is 0 Å². The summed E-state index contributed by atoms with van der Waals surface area (Å²) in [7, 11) is -0.983. The molecule has 9 aromatic rings. The first kappa shape index (κ1) is 84.7. The second-order valence-corrected chi connectivity index (χ2v) is 26.8. The molecule has 10 rings (SSSR count). The van der Waals surface area contributed by atoms with E-state index in [4.69, 9.17) is 12.6 Å². The Morgan fingerprint density at radius 3 is 0.762 bits per heavy atom. The largest absolute Gasteiger partial charge is 2.00 e. The van der Waals surface area contributed by atoms with Crippen molar-refractivity contribution in [2.24, 2.45) is 0 Å². The minimum absolute atomic E-state index is 0. The van der Waals surface area contributed by atoms with Crippen LogP contribution in [-0.2, 0) is 81.5 Å². The Bertz CT molecular complexity index is 3950. The van der Waals surface area contributed by atoms with Crippen LogP contribution in [0.5, 0.6) is 0 Å². The summed E-state index contributed by atoms with van der Waals surface area (Å²) in [5.74, 6) is 4.23. The number of rotatable bonds is 9. The van der Waals surface area contributed by atoms with Crippen LogP contribution in [0.4, 0.5) is 119 Å². The molecular weight excluding hydrogens is 1580 g/mol. The van der Waals surface area contributed by atoms with E-state index in [1.165, 1.54) is 93.5 Å². The molecule has 0 heterocycles. The van der Waals surface area contributed by atoms with Gasteiger partial charge in [-0.05, 0) is 158 Å². The van der Waals surface area contributed by atoms with Crippen LogP contribution < -0.4 is 37.8 Å². The summed E-state index contributed by atoms with van der Waals surface area (Å²) < 4.78 is 380. The Morgan fingerprint density at radius 1 is 0.305 bits per heavy atom. The van der Waals surface area contributed by atoms with Gasteiger partial charge in [0, 0.05) is 5.92 Å². The van der Waals surface area contributed by atoms with E-state index in [1.54, 1.807) is 36.4 Å². The molecule has 0 amide bonds. The molecule has 0 saturated heterocycles. The van der Waals surface area contributed by atoms with E-state index in [9.17, 15) is 119 Å². The van der Waals surface area contributed by atoms with Crippen molar-refractivity contribution in [2.45, 2.75) is 95.8 Å². The van der Waals surface area contributed by atoms with Crippen molar-refractivity contribution < 1.29 is 138 Å². The monoisotopic (exact) mass is 1630 g/mol. The van der Waals surface area contributed by atoms with Gasteiger partial charge < -0.3 is 12.6 Å². The summed E-state index contributed by atoms with van der Waals surface area (Å²) in [5.41, 5.74) is -22.7. The summed E-state index contributed by atoms with van der Waals surface area (Å²) in [5, 5.41) is 2.78. The first-order valence-electron chi connectivity index (χ1n) is 30.1. The average Bonchev–Trinajstić information content (AvgIpc) is 0.707. The molecular formula is C74H49BF27PRuS. The van der Waals surface area contributed by atoms with Crippen molar-refractivity contribution in [3.63, 3.8) is 0 Å². The summed E-state index contributed by atoms with van der Waals surface area (Å²) in [4.78, 5) is 0.951. The number of benzene rings is 9. The fourth-order valence-electron chi connectivity index (χ4n) is 12.4. The molecule has 0 spiro atoms. The van der Waals surface area contributed by atoms with Gasteiger partial charge in [0.05, 0.1) is 44.5 Å². The van der Waals surface area contributed by atoms with Crippen LogP contribution in [-0.4, -0.2) is 6.15 Å². The van der Waals surface area contributed by atoms with E-state index in [0.717, 1.165) is 20.8 Å². The Labute approximate surface area is 603 Å². The maximum atomic E-state index is 14.2. The zero-order valence-electron chi connectivity index (χ0n) is 54.4. The van der Waals surface area contributed by atoms with Gasteiger partial charge in [0.1, 0.15) is 23.6 Å². The molecule has 105 heavy (non-hydrogen) atoms. The van der Waals surface area contributed by atoms with Gasteiger partial charge in [0.15, 0.2) is 0 Å². The molecule has 0 bridgehead atoms. The van der Waals surface area contributed by atoms with Gasteiger partial charge >= 0.3 is 68.9 Å². The standard InChI is InChI=1S/C32H12BF24.C24H26S.C18H12F3P.Ru/c34-25(35,36)13-1-14(26(37,38)39)6-21(5-13)33(22-7-15(27(40,41)42)2-16(8-22)28(43,44)45,23-9-17(29(46,47)48)3-18(10-23)30(49,50)51)24-11-19(31(52,53)54)4-20(12-24)32(55,56)57;1-14-10-16(3)22(17(4)11-14)20-8-7-9-21(24(20)25)23-18(5)12-15(2)13-19(23)6;19-13-1-7-16(8-2-13)22(17-9-3-14(20)4-10-17)18-11-5-15(21)6-12-18;/h1-12H;7-13,25H,1-6H3;1-12H;/q-1;;;+2/p-1. The zero-order chi connectivity index (χ0) is 77.7. The van der Waals surface area contributed by atoms with Crippen LogP contribution in [0.15, 0.2) is 181 Å². The third kappa shape index (κ3) is 19.8. The molecule has 0 N–H and O–H groups in total. The van der Waals surface area contributed by atoms with Crippen LogP contribution in [0, 0.1) is 74.7 Å². The second kappa shape index (κ2) is 31.3. The minimum atomic E-state index is -6.13. The van der Waals surface area contributed by atoms with Crippen molar-refractivity contribution in [2.75, 3.05) is 0 Å². The van der Waals surface area contributed by atoms with Crippen molar-refractivity contribution in [3.05, 3.63) is 297 Å². The molecule has 6 radical (unpaired) electrons. The SMILES string of the molecule is C[C]1[CH][C](C)[C](c2cccc(-c3c(C)cc(C)cc3C)c2[S-])[C](C)[CH]1.FC(F)(F)c1cc([B-](c2cc(C(F)(F)F)cc(C(F)(F)F)c2)(c2cc(C(F)(F)F)cc(C(F)(F)F)c2)c2cc(C(F)(F)F)cc(C(F)(F)F)c2)cc(C(F)(F)F)c1.Fc1ccc(P(c2ccc(F)cc2)c2ccc(F)cc2)cc1.[Ru+2]. The number of halogens is 27. The Hall–Kier alpha value is -7.57. The second-order valence-electron chi connectivity index (χ2n) is 24.2. The molecule has 0 nitrogen and oxygen atoms in total. The fourth-order valence-corrected chi connectivity index (χ4v) is 15.0. The van der Waals surface area contributed by atoms with Gasteiger partial charge in [-0.25, -0.2) is 13.2 Å². The van der Waals surface area contributed by atoms with E-state index >= 15 is 0 Å². The van der Waals surface area contributed by atoms with Gasteiger partial charge in [-0.3, -0.25) is 0 Å². The molecule has 31 heteroatoms. The van der Waals surface area contributed by atoms with Crippen molar-refractivity contribution in [1.29, 1.82) is 0 Å². The Kier molecular flexibility index (Phi) is 25.3. The summed E-state index contributed by atoms with van der Waals surface area (Å²) in [6.07, 6.45) is -50.3. The molecule has 9 aromatic carbocycles. The molecule has 556 valence electrons. The van der Waals surface area contributed by atoms with E-state index in [-0.39, 0.29) is 36.9 Å². The summed E-state index contributed by atoms with van der Waals surface area (Å²) in [6.45, 7) is 13.0. The molecule has 1 aliphatic carbocycles. The molecule has 0 aromatic heterocycles. The maximum Gasteiger partial charge on any atom is 2.00 e. The average molecular weight is 1630 g/mol. The third-order valence-electron chi connectivity index (χ3n) is 16.6. The topological polar surface area (TPSA) is 0 Å². The third-order valence-corrected chi connectivity index (χ3v) is 19.5. The quantitative estimate of drug-likeness (QED) is 0.0601. The van der Waals surface area contributed by atoms with Crippen molar-refractivity contribution in [3.8, 4) is 11.1 Å². The fraction of sp³-hybridized carbons (Fsp3) is 0.189. The molecule has 0 unspecified atom stereocenters. The van der Waals surface area contributed by atoms with Gasteiger partial charge in [0.25, 0.3) is 0 Å². The van der Waals surface area contributed by atoms with Crippen LogP contribution in [0.1, 0.15) is 87.5 Å². The van der Waals surface area contributed by atoms with E-state index in [1.807, 2.05) is 0 Å². The number of hydrogen-bond acceptors (Lipinski definition) is 1. The Morgan fingerprint density at radius 2 is 0.533 bits per heavy atom. The van der Waals surface area contributed by atoms with Gasteiger partial charge in [-0.1, -0.05) is 147 Å². The minimum Gasteiger partial charge on any atom is -0.779 e. The van der Waals surface area contributed by atoms with Crippen LogP contribution in [0.3, 0.4) is 0 Å².